The number of benzene rings is 1. The molecule has 1 aromatic rings. The molecule has 0 amide bonds. The van der Waals surface area contributed by atoms with Gasteiger partial charge in [-0.15, -0.1) is 0 Å². The van der Waals surface area contributed by atoms with E-state index in [2.05, 4.69) is 17.4 Å². The van der Waals surface area contributed by atoms with Crippen LogP contribution in [0.5, 0.6) is 0 Å². The van der Waals surface area contributed by atoms with Crippen LogP contribution in [0.15, 0.2) is 30.3 Å². The molecule has 0 fully saturated rings. The van der Waals surface area contributed by atoms with Gasteiger partial charge in [-0.2, -0.15) is 5.26 Å². The van der Waals surface area contributed by atoms with Crippen LogP contribution in [0.25, 0.3) is 0 Å². The summed E-state index contributed by atoms with van der Waals surface area (Å²) in [6.07, 6.45) is 0. The van der Waals surface area contributed by atoms with Crippen molar-refractivity contribution in [3.8, 4) is 5.40 Å². The molecule has 1 rings (SSSR count). The predicted octanol–water partition coefficient (Wildman–Crippen LogP) is 1.87. The Morgan fingerprint density at radius 3 is 2.31 bits per heavy atom. The third kappa shape index (κ3) is 4.88. The van der Waals surface area contributed by atoms with Crippen LogP contribution in [0.4, 0.5) is 0 Å². The first-order chi connectivity index (χ1) is 6.26. The summed E-state index contributed by atoms with van der Waals surface area (Å²) in [4.78, 5) is 10.8. The number of hydrogen-bond donors (Lipinski definition) is 1. The number of ether oxygens (including phenoxy) is 1. The summed E-state index contributed by atoms with van der Waals surface area (Å²) in [5.74, 6) is -0.291. The second-order valence-corrected chi connectivity index (χ2v) is 2.16. The first-order valence-electron chi connectivity index (χ1n) is 3.42. The van der Waals surface area contributed by atoms with E-state index < -0.39 is 0 Å². The lowest BCUT2D eigenvalue weighted by atomic mass is 10.2. The Morgan fingerprint density at radius 2 is 1.92 bits per heavy atom. The van der Waals surface area contributed by atoms with E-state index in [1.54, 1.807) is 24.3 Å². The summed E-state index contributed by atoms with van der Waals surface area (Å²) < 4.78 is 4.50. The Kier molecular flexibility index (Phi) is 6.38. The fraction of sp³-hybridized carbons (Fsp3) is 0.111. The van der Waals surface area contributed by atoms with Gasteiger partial charge in [0.05, 0.1) is 12.7 Å². The van der Waals surface area contributed by atoms with Crippen LogP contribution >= 0.6 is 12.6 Å². The minimum Gasteiger partial charge on any atom is -0.465 e. The molecular formula is C9H9NO2S. The van der Waals surface area contributed by atoms with Gasteiger partial charge in [-0.3, -0.25) is 0 Å². The lowest BCUT2D eigenvalue weighted by Crippen LogP contribution is -1.99. The molecule has 13 heavy (non-hydrogen) atoms. The molecule has 0 heterocycles. The van der Waals surface area contributed by atoms with E-state index in [9.17, 15) is 4.79 Å². The fourth-order valence-corrected chi connectivity index (χ4v) is 0.692. The van der Waals surface area contributed by atoms with Crippen molar-refractivity contribution >= 4 is 18.6 Å². The highest BCUT2D eigenvalue weighted by Gasteiger charge is 2.00. The largest absolute Gasteiger partial charge is 0.465 e. The summed E-state index contributed by atoms with van der Waals surface area (Å²) in [6, 6.07) is 8.88. The van der Waals surface area contributed by atoms with Gasteiger partial charge in [-0.25, -0.2) is 4.79 Å². The third-order valence-electron chi connectivity index (χ3n) is 1.19. The highest BCUT2D eigenvalue weighted by molar-refractivity contribution is 7.85. The minimum absolute atomic E-state index is 0.291. The number of esters is 1. The quantitative estimate of drug-likeness (QED) is 0.423. The van der Waals surface area contributed by atoms with Crippen molar-refractivity contribution in [3.05, 3.63) is 35.9 Å². The van der Waals surface area contributed by atoms with Gasteiger partial charge in [0.2, 0.25) is 0 Å². The van der Waals surface area contributed by atoms with Crippen molar-refractivity contribution in [1.29, 1.82) is 5.26 Å². The maximum Gasteiger partial charge on any atom is 0.337 e. The molecule has 0 atom stereocenters. The number of thiol groups is 1. The topological polar surface area (TPSA) is 50.1 Å². The monoisotopic (exact) mass is 195 g/mol. The molecular weight excluding hydrogens is 186 g/mol. The maximum atomic E-state index is 10.8. The number of carbonyl (C=O) groups is 1. The molecule has 0 N–H and O–H groups in total. The number of nitrogens with zero attached hydrogens (tertiary/aromatic N) is 1. The van der Waals surface area contributed by atoms with Crippen molar-refractivity contribution in [2.24, 2.45) is 0 Å². The molecule has 0 aromatic heterocycles. The molecule has 0 aliphatic carbocycles. The molecule has 1 aromatic carbocycles. The van der Waals surface area contributed by atoms with E-state index in [0.29, 0.717) is 5.56 Å². The summed E-state index contributed by atoms with van der Waals surface area (Å²) in [7, 11) is 1.37. The number of rotatable bonds is 1. The molecule has 0 saturated heterocycles. The molecule has 0 aliphatic rings. The number of methoxy groups -OCH3 is 1. The maximum absolute atomic E-state index is 10.8. The van der Waals surface area contributed by atoms with Crippen LogP contribution in [0.1, 0.15) is 10.4 Å². The highest BCUT2D eigenvalue weighted by atomic mass is 32.1. The van der Waals surface area contributed by atoms with Gasteiger partial charge in [0.15, 0.2) is 0 Å². The predicted molar refractivity (Wildman–Crippen MR) is 52.4 cm³/mol. The Hall–Kier alpha value is -1.47. The normalized spacial score (nSPS) is 7.46. The highest BCUT2D eigenvalue weighted by Crippen LogP contribution is 1.98. The van der Waals surface area contributed by atoms with Gasteiger partial charge in [0, 0.05) is 0 Å². The van der Waals surface area contributed by atoms with Gasteiger partial charge in [0.25, 0.3) is 0 Å². The van der Waals surface area contributed by atoms with E-state index in [4.69, 9.17) is 5.26 Å². The summed E-state index contributed by atoms with van der Waals surface area (Å²) in [6.45, 7) is 0. The lowest BCUT2D eigenvalue weighted by molar-refractivity contribution is 0.0601. The number of carbonyl (C=O) groups excluding carboxylic acids is 1. The Labute approximate surface area is 82.4 Å². The van der Waals surface area contributed by atoms with Crippen LogP contribution in [-0.2, 0) is 4.74 Å². The Morgan fingerprint density at radius 1 is 1.46 bits per heavy atom. The zero-order chi connectivity index (χ0) is 10.1. The molecule has 4 heteroatoms. The van der Waals surface area contributed by atoms with Gasteiger partial charge in [-0.05, 0) is 12.1 Å². The zero-order valence-electron chi connectivity index (χ0n) is 7.10. The van der Waals surface area contributed by atoms with E-state index in [1.165, 1.54) is 12.5 Å². The molecule has 0 unspecified atom stereocenters. The van der Waals surface area contributed by atoms with Gasteiger partial charge >= 0.3 is 5.97 Å². The average Bonchev–Trinajstić information content (AvgIpc) is 2.19. The van der Waals surface area contributed by atoms with Crippen LogP contribution in [0.3, 0.4) is 0 Å². The van der Waals surface area contributed by atoms with Crippen molar-refractivity contribution in [3.63, 3.8) is 0 Å². The number of thiocyanates is 1. The molecule has 0 saturated carbocycles. The van der Waals surface area contributed by atoms with Crippen LogP contribution in [-0.4, -0.2) is 13.1 Å². The van der Waals surface area contributed by atoms with E-state index in [0.717, 1.165) is 0 Å². The van der Waals surface area contributed by atoms with E-state index in [-0.39, 0.29) is 5.97 Å². The molecule has 0 aliphatic heterocycles. The van der Waals surface area contributed by atoms with Crippen molar-refractivity contribution in [2.45, 2.75) is 0 Å². The van der Waals surface area contributed by atoms with Crippen LogP contribution < -0.4 is 0 Å². The standard InChI is InChI=1S/C8H8O2.CHNS/c1-10-8(9)7-5-3-2-4-6-7;2-1-3/h2-6H,1H3;3H. The zero-order valence-corrected chi connectivity index (χ0v) is 7.99. The number of nitriles is 1. The SMILES string of the molecule is COC(=O)c1ccccc1.N#CS. The van der Waals surface area contributed by atoms with Gasteiger partial charge in [-0.1, -0.05) is 30.8 Å². The third-order valence-corrected chi connectivity index (χ3v) is 1.19. The summed E-state index contributed by atoms with van der Waals surface area (Å²) in [5, 5.41) is 8.63. The Bertz CT molecular complexity index is 292. The first-order valence-corrected chi connectivity index (χ1v) is 3.87. The van der Waals surface area contributed by atoms with Crippen molar-refractivity contribution < 1.29 is 9.53 Å². The molecule has 68 valence electrons. The van der Waals surface area contributed by atoms with Crippen molar-refractivity contribution in [2.75, 3.05) is 7.11 Å². The van der Waals surface area contributed by atoms with Gasteiger partial charge in [0.1, 0.15) is 5.40 Å². The smallest absolute Gasteiger partial charge is 0.337 e. The van der Waals surface area contributed by atoms with Crippen LogP contribution in [0.2, 0.25) is 0 Å². The average molecular weight is 195 g/mol. The molecule has 0 bridgehead atoms. The van der Waals surface area contributed by atoms with E-state index >= 15 is 0 Å². The summed E-state index contributed by atoms with van der Waals surface area (Å²) >= 11 is 3.09. The molecule has 3 nitrogen and oxygen atoms in total. The van der Waals surface area contributed by atoms with Gasteiger partial charge < -0.3 is 4.74 Å². The fourth-order valence-electron chi connectivity index (χ4n) is 0.692. The van der Waals surface area contributed by atoms with Crippen LogP contribution in [0, 0.1) is 10.7 Å². The Balaban J connectivity index is 0.000000424. The molecule has 0 spiro atoms. The second-order valence-electron chi connectivity index (χ2n) is 1.96. The first kappa shape index (κ1) is 11.5. The van der Waals surface area contributed by atoms with E-state index in [1.807, 2.05) is 6.07 Å². The summed E-state index contributed by atoms with van der Waals surface area (Å²) in [5.41, 5.74) is 0.588. The minimum atomic E-state index is -0.291. The number of hydrogen-bond acceptors (Lipinski definition) is 4. The van der Waals surface area contributed by atoms with Crippen molar-refractivity contribution in [1.82, 2.24) is 0 Å². The lowest BCUT2D eigenvalue weighted by Gasteiger charge is -1.95. The molecule has 0 radical (unpaired) electrons. The second kappa shape index (κ2) is 7.19.